The van der Waals surface area contributed by atoms with E-state index < -0.39 is 30.0 Å². The second-order valence-electron chi connectivity index (χ2n) is 9.21. The van der Waals surface area contributed by atoms with Crippen LogP contribution in [0.1, 0.15) is 22.3 Å². The first-order chi connectivity index (χ1) is 22.0. The molecular formula is C30H24N6O8S2-2. The third-order valence-corrected chi connectivity index (χ3v) is 7.94. The molecule has 0 atom stereocenters. The summed E-state index contributed by atoms with van der Waals surface area (Å²) in [6.07, 6.45) is 4.38. The minimum atomic E-state index is -4.79. The minimum absolute atomic E-state index is 0.0288. The first-order valence-corrected chi connectivity index (χ1v) is 15.9. The number of hydrogen-bond acceptors (Lipinski definition) is 12. The fraction of sp³-hybridized carbons (Fsp3) is 0. The van der Waals surface area contributed by atoms with Crippen LogP contribution in [0.3, 0.4) is 0 Å². The first kappa shape index (κ1) is 33.2. The summed E-state index contributed by atoms with van der Waals surface area (Å²) in [5, 5.41) is 35.4. The molecule has 0 radical (unpaired) electrons. The summed E-state index contributed by atoms with van der Waals surface area (Å²) in [5.74, 6) is 0. The maximum absolute atomic E-state index is 12.2. The van der Waals surface area contributed by atoms with Crippen LogP contribution in [0.5, 0.6) is 0 Å². The SMILES string of the molecule is O=S(=O)(O)c1cc(N/N=C(\C=N/[O-])c2ccccc2)ccc1/C=C/c1ccc(N/N=C(\C=N/[O-])c2ccccc2)cc1S(=O)(=O)O. The molecule has 0 saturated carbocycles. The predicted octanol–water partition coefficient (Wildman–Crippen LogP) is 5.12. The smallest absolute Gasteiger partial charge is 0.295 e. The summed E-state index contributed by atoms with van der Waals surface area (Å²) in [6.45, 7) is 0. The van der Waals surface area contributed by atoms with E-state index in [1.54, 1.807) is 60.7 Å². The van der Waals surface area contributed by atoms with Crippen molar-refractivity contribution in [1.82, 2.24) is 0 Å². The maximum atomic E-state index is 12.2. The number of anilines is 2. The molecule has 0 spiro atoms. The Bertz CT molecular complexity index is 1920. The normalized spacial score (nSPS) is 13.1. The van der Waals surface area contributed by atoms with Gasteiger partial charge in [0.1, 0.15) is 21.2 Å². The number of hydrogen-bond donors (Lipinski definition) is 4. The van der Waals surface area contributed by atoms with Crippen LogP contribution in [0.4, 0.5) is 11.4 Å². The van der Waals surface area contributed by atoms with Gasteiger partial charge in [-0.25, -0.2) is 0 Å². The van der Waals surface area contributed by atoms with Crippen LogP contribution < -0.4 is 10.9 Å². The van der Waals surface area contributed by atoms with Crippen LogP contribution >= 0.6 is 0 Å². The van der Waals surface area contributed by atoms with Crippen molar-refractivity contribution in [2.45, 2.75) is 9.79 Å². The van der Waals surface area contributed by atoms with Gasteiger partial charge in [-0.1, -0.05) is 84.9 Å². The van der Waals surface area contributed by atoms with Gasteiger partial charge in [-0.05, 0) is 35.4 Å². The molecule has 46 heavy (non-hydrogen) atoms. The molecule has 0 aromatic heterocycles. The molecule has 16 heteroatoms. The quantitative estimate of drug-likeness (QED) is 0.0678. The zero-order valence-electron chi connectivity index (χ0n) is 23.5. The van der Waals surface area contributed by atoms with Crippen LogP contribution in [-0.2, 0) is 20.2 Å². The Hall–Kier alpha value is -5.68. The van der Waals surface area contributed by atoms with Gasteiger partial charge in [0.15, 0.2) is 0 Å². The zero-order chi connectivity index (χ0) is 33.2. The maximum Gasteiger partial charge on any atom is 0.295 e. The Morgan fingerprint density at radius 3 is 1.28 bits per heavy atom. The van der Waals surface area contributed by atoms with Gasteiger partial charge in [0.25, 0.3) is 20.2 Å². The van der Waals surface area contributed by atoms with E-state index in [1.807, 2.05) is 0 Å². The second kappa shape index (κ2) is 14.9. The molecule has 0 unspecified atom stereocenters. The van der Waals surface area contributed by atoms with Crippen molar-refractivity contribution in [1.29, 1.82) is 0 Å². The monoisotopic (exact) mass is 660 g/mol. The second-order valence-corrected chi connectivity index (χ2v) is 12.0. The standard InChI is InChI=1S/C30H26N6O8S2/c37-31-19-27(21-7-3-1-4-8-21)35-33-25-15-13-23(29(17-25)45(39,40)41)11-12-24-14-16-26(18-30(24)46(42,43)44)34-36-28(20-32-38)22-9-5-2-6-10-22/h1-20,33-34,37-38H,(H,39,40,41)(H,42,43,44)/p-2/b12-11+,31-19-,32-20-,35-27+,36-28+. The summed E-state index contributed by atoms with van der Waals surface area (Å²) >= 11 is 0. The molecule has 0 heterocycles. The van der Waals surface area contributed by atoms with Crippen LogP contribution in [0.25, 0.3) is 12.2 Å². The van der Waals surface area contributed by atoms with Crippen molar-refractivity contribution >= 4 is 67.6 Å². The highest BCUT2D eigenvalue weighted by Gasteiger charge is 2.18. The van der Waals surface area contributed by atoms with Crippen molar-refractivity contribution < 1.29 is 25.9 Å². The molecule has 4 aromatic rings. The Morgan fingerprint density at radius 2 is 0.957 bits per heavy atom. The zero-order valence-corrected chi connectivity index (χ0v) is 25.1. The van der Waals surface area contributed by atoms with Crippen molar-refractivity contribution in [2.24, 2.45) is 20.5 Å². The molecule has 0 aliphatic carbocycles. The lowest BCUT2D eigenvalue weighted by molar-refractivity contribution is 0.480. The molecule has 0 aliphatic rings. The highest BCUT2D eigenvalue weighted by atomic mass is 32.2. The first-order valence-electron chi connectivity index (χ1n) is 13.0. The molecule has 4 N–H and O–H groups in total. The number of rotatable bonds is 12. The molecular weight excluding hydrogens is 636 g/mol. The fourth-order valence-electron chi connectivity index (χ4n) is 4.01. The third kappa shape index (κ3) is 8.93. The molecule has 0 bridgehead atoms. The van der Waals surface area contributed by atoms with E-state index in [9.17, 15) is 36.4 Å². The van der Waals surface area contributed by atoms with E-state index in [1.165, 1.54) is 36.4 Å². The molecule has 0 aliphatic heterocycles. The number of hydrazone groups is 2. The van der Waals surface area contributed by atoms with Crippen molar-refractivity contribution in [3.63, 3.8) is 0 Å². The van der Waals surface area contributed by atoms with Gasteiger partial charge in [0.2, 0.25) is 0 Å². The van der Waals surface area contributed by atoms with Gasteiger partial charge >= 0.3 is 0 Å². The van der Waals surface area contributed by atoms with Crippen LogP contribution in [0, 0.1) is 10.4 Å². The van der Waals surface area contributed by atoms with Crippen molar-refractivity contribution in [3.05, 3.63) is 130 Å². The Labute approximate surface area is 263 Å². The van der Waals surface area contributed by atoms with Crippen LogP contribution in [-0.4, -0.2) is 49.8 Å². The molecule has 4 aromatic carbocycles. The summed E-state index contributed by atoms with van der Waals surface area (Å²) in [7, 11) is -9.58. The number of benzene rings is 4. The van der Waals surface area contributed by atoms with Crippen molar-refractivity contribution in [3.8, 4) is 0 Å². The highest BCUT2D eigenvalue weighted by Crippen LogP contribution is 2.26. The van der Waals surface area contributed by atoms with Gasteiger partial charge in [-0.3, -0.25) is 20.0 Å². The summed E-state index contributed by atoms with van der Waals surface area (Å²) in [6, 6.07) is 24.8. The fourth-order valence-corrected chi connectivity index (χ4v) is 5.43. The lowest BCUT2D eigenvalue weighted by Gasteiger charge is -2.10. The number of nitrogens with zero attached hydrogens (tertiary/aromatic N) is 4. The Kier molecular flexibility index (Phi) is 10.7. The largest absolute Gasteiger partial charge is 0.792 e. The summed E-state index contributed by atoms with van der Waals surface area (Å²) < 4.78 is 68.8. The topological polar surface area (TPSA) is 228 Å². The van der Waals surface area contributed by atoms with Crippen LogP contribution in [0.2, 0.25) is 0 Å². The van der Waals surface area contributed by atoms with E-state index >= 15 is 0 Å². The highest BCUT2D eigenvalue weighted by molar-refractivity contribution is 7.86. The summed E-state index contributed by atoms with van der Waals surface area (Å²) in [4.78, 5) is -1.09. The molecule has 14 nitrogen and oxygen atoms in total. The van der Waals surface area contributed by atoms with Gasteiger partial charge in [-0.2, -0.15) is 27.0 Å². The Balaban J connectivity index is 1.65. The van der Waals surface area contributed by atoms with E-state index in [0.717, 1.165) is 24.6 Å². The van der Waals surface area contributed by atoms with E-state index in [0.29, 0.717) is 11.1 Å². The molecule has 0 fully saturated rings. The molecule has 4 rings (SSSR count). The predicted molar refractivity (Wildman–Crippen MR) is 178 cm³/mol. The van der Waals surface area contributed by atoms with Crippen molar-refractivity contribution in [2.75, 3.05) is 10.9 Å². The van der Waals surface area contributed by atoms with E-state index in [-0.39, 0.29) is 33.9 Å². The lowest BCUT2D eigenvalue weighted by Crippen LogP contribution is -2.07. The van der Waals surface area contributed by atoms with Gasteiger partial charge in [0.05, 0.1) is 11.4 Å². The average molecular weight is 661 g/mol. The lowest BCUT2D eigenvalue weighted by atomic mass is 10.1. The van der Waals surface area contributed by atoms with E-state index in [2.05, 4.69) is 31.4 Å². The van der Waals surface area contributed by atoms with Gasteiger partial charge in [-0.15, -0.1) is 0 Å². The third-order valence-electron chi connectivity index (χ3n) is 6.13. The van der Waals surface area contributed by atoms with Crippen LogP contribution in [0.15, 0.2) is 127 Å². The minimum Gasteiger partial charge on any atom is -0.792 e. The molecule has 0 amide bonds. The number of nitrogens with one attached hydrogen (secondary N) is 2. The summed E-state index contributed by atoms with van der Waals surface area (Å²) in [5.41, 5.74) is 6.86. The van der Waals surface area contributed by atoms with E-state index in [4.69, 9.17) is 0 Å². The molecule has 0 saturated heterocycles. The van der Waals surface area contributed by atoms with Gasteiger partial charge < -0.3 is 20.7 Å². The molecule has 236 valence electrons. The van der Waals surface area contributed by atoms with Gasteiger partial charge in [0, 0.05) is 23.6 Å². The average Bonchev–Trinajstić information content (AvgIpc) is 3.04. The Morgan fingerprint density at radius 1 is 0.587 bits per heavy atom.